The smallest absolute Gasteiger partial charge is 0.234 e. The molecule has 2 aliphatic rings. The SMILES string of the molecule is COc1ccc([C@H]2C(C#N)=C(SCC(=O)Nc3ccc(Cl)c(Cl)c3)NC3=C2C(=O)CC(C)(C)C3)cc1. The molecule has 0 aromatic heterocycles. The number of halogens is 2. The zero-order valence-corrected chi connectivity index (χ0v) is 22.4. The van der Waals surface area contributed by atoms with E-state index in [1.54, 1.807) is 25.3 Å². The number of allylic oxidation sites excluding steroid dienone is 3. The minimum Gasteiger partial charge on any atom is -0.497 e. The molecule has 186 valence electrons. The molecule has 6 nitrogen and oxygen atoms in total. The molecule has 2 N–H and O–H groups in total. The van der Waals surface area contributed by atoms with Crippen LogP contribution in [-0.2, 0) is 9.59 Å². The van der Waals surface area contributed by atoms with Gasteiger partial charge in [0.25, 0.3) is 0 Å². The van der Waals surface area contributed by atoms with Crippen molar-refractivity contribution >= 4 is 52.3 Å². The molecule has 0 unspecified atom stereocenters. The molecule has 2 aromatic carbocycles. The number of ether oxygens (including phenoxy) is 1. The van der Waals surface area contributed by atoms with E-state index in [2.05, 4.69) is 30.6 Å². The summed E-state index contributed by atoms with van der Waals surface area (Å²) in [5.41, 5.74) is 3.00. The average molecular weight is 542 g/mol. The van der Waals surface area contributed by atoms with Crippen LogP contribution in [0.3, 0.4) is 0 Å². The number of rotatable bonds is 6. The molecular weight excluding hydrogens is 517 g/mol. The summed E-state index contributed by atoms with van der Waals surface area (Å²) in [6.45, 7) is 4.11. The molecule has 36 heavy (non-hydrogen) atoms. The van der Waals surface area contributed by atoms with Gasteiger partial charge in [0.15, 0.2) is 5.78 Å². The first kappa shape index (κ1) is 26.2. The Hall–Kier alpha value is -2.92. The van der Waals surface area contributed by atoms with Crippen molar-refractivity contribution in [1.82, 2.24) is 5.32 Å². The molecule has 0 saturated heterocycles. The number of nitriles is 1. The van der Waals surface area contributed by atoms with E-state index in [0.29, 0.717) is 50.5 Å². The van der Waals surface area contributed by atoms with Crippen LogP contribution in [0.15, 0.2) is 64.3 Å². The van der Waals surface area contributed by atoms with Crippen molar-refractivity contribution in [1.29, 1.82) is 5.26 Å². The van der Waals surface area contributed by atoms with Gasteiger partial charge in [0.2, 0.25) is 5.91 Å². The van der Waals surface area contributed by atoms with Crippen molar-refractivity contribution < 1.29 is 14.3 Å². The number of carbonyl (C=O) groups is 2. The highest BCUT2D eigenvalue weighted by atomic mass is 35.5. The van der Waals surface area contributed by atoms with E-state index in [-0.39, 0.29) is 22.9 Å². The number of benzene rings is 2. The standard InChI is InChI=1S/C27H25Cl2N3O3S/c1-27(2)11-21-25(22(33)12-27)24(15-4-7-17(35-3)8-5-15)18(13-30)26(32-21)36-14-23(34)31-16-6-9-19(28)20(29)10-16/h4-10,24,32H,11-12,14H2,1-3H3,(H,31,34)/t24-/m0/s1. The second kappa shape index (κ2) is 10.6. The largest absolute Gasteiger partial charge is 0.497 e. The summed E-state index contributed by atoms with van der Waals surface area (Å²) in [6, 6.07) is 14.6. The summed E-state index contributed by atoms with van der Waals surface area (Å²) >= 11 is 13.2. The van der Waals surface area contributed by atoms with Crippen LogP contribution in [0.5, 0.6) is 5.75 Å². The summed E-state index contributed by atoms with van der Waals surface area (Å²) in [4.78, 5) is 26.0. The van der Waals surface area contributed by atoms with Crippen molar-refractivity contribution in [2.24, 2.45) is 5.41 Å². The first-order valence-electron chi connectivity index (χ1n) is 11.3. The number of methoxy groups -OCH3 is 1. The number of hydrogen-bond acceptors (Lipinski definition) is 6. The van der Waals surface area contributed by atoms with Gasteiger partial charge < -0.3 is 15.4 Å². The Morgan fingerprint density at radius 2 is 1.92 bits per heavy atom. The molecule has 1 heterocycles. The maximum Gasteiger partial charge on any atom is 0.234 e. The van der Waals surface area contributed by atoms with E-state index in [0.717, 1.165) is 11.3 Å². The normalized spacial score (nSPS) is 18.8. The number of nitrogens with zero attached hydrogens (tertiary/aromatic N) is 1. The molecule has 0 radical (unpaired) electrons. The molecule has 1 atom stereocenters. The lowest BCUT2D eigenvalue weighted by Crippen LogP contribution is -2.37. The lowest BCUT2D eigenvalue weighted by molar-refractivity contribution is -0.118. The maximum absolute atomic E-state index is 13.3. The van der Waals surface area contributed by atoms with Gasteiger partial charge in [-0.15, -0.1) is 0 Å². The van der Waals surface area contributed by atoms with Crippen LogP contribution in [0, 0.1) is 16.7 Å². The first-order valence-corrected chi connectivity index (χ1v) is 13.0. The number of nitrogens with one attached hydrogen (secondary N) is 2. The van der Waals surface area contributed by atoms with Gasteiger partial charge in [-0.3, -0.25) is 9.59 Å². The van der Waals surface area contributed by atoms with Crippen molar-refractivity contribution in [2.75, 3.05) is 18.2 Å². The summed E-state index contributed by atoms with van der Waals surface area (Å²) in [5.74, 6) is 0.00762. The number of dihydropyridines is 1. The monoisotopic (exact) mass is 541 g/mol. The number of ketones is 1. The van der Waals surface area contributed by atoms with Gasteiger partial charge in [0.05, 0.1) is 45.5 Å². The highest BCUT2D eigenvalue weighted by Gasteiger charge is 2.42. The summed E-state index contributed by atoms with van der Waals surface area (Å²) in [6.07, 6.45) is 1.08. The summed E-state index contributed by atoms with van der Waals surface area (Å²) in [7, 11) is 1.59. The highest BCUT2D eigenvalue weighted by molar-refractivity contribution is 8.03. The van der Waals surface area contributed by atoms with E-state index in [4.69, 9.17) is 27.9 Å². The highest BCUT2D eigenvalue weighted by Crippen LogP contribution is 2.48. The van der Waals surface area contributed by atoms with Crippen LogP contribution < -0.4 is 15.4 Å². The average Bonchev–Trinajstić information content (AvgIpc) is 2.83. The second-order valence-electron chi connectivity index (χ2n) is 9.48. The maximum atomic E-state index is 13.3. The predicted octanol–water partition coefficient (Wildman–Crippen LogP) is 6.44. The fraction of sp³-hybridized carbons (Fsp3) is 0.296. The number of anilines is 1. The Labute approximate surface area is 224 Å². The molecule has 4 rings (SSSR count). The predicted molar refractivity (Wildman–Crippen MR) is 144 cm³/mol. The minimum atomic E-state index is -0.513. The number of hydrogen-bond donors (Lipinski definition) is 2. The van der Waals surface area contributed by atoms with Gasteiger partial charge in [-0.1, -0.05) is 60.9 Å². The van der Waals surface area contributed by atoms with Gasteiger partial charge in [-0.25, -0.2) is 0 Å². The van der Waals surface area contributed by atoms with Crippen LogP contribution in [0.4, 0.5) is 5.69 Å². The van der Waals surface area contributed by atoms with Crippen LogP contribution in [0.25, 0.3) is 0 Å². The van der Waals surface area contributed by atoms with Crippen LogP contribution in [0.2, 0.25) is 10.0 Å². The van der Waals surface area contributed by atoms with Gasteiger partial charge in [-0.2, -0.15) is 5.26 Å². The second-order valence-corrected chi connectivity index (χ2v) is 11.3. The van der Waals surface area contributed by atoms with Gasteiger partial charge >= 0.3 is 0 Å². The number of thioether (sulfide) groups is 1. The lowest BCUT2D eigenvalue weighted by atomic mass is 9.69. The quantitative estimate of drug-likeness (QED) is 0.437. The fourth-order valence-electron chi connectivity index (χ4n) is 4.53. The van der Waals surface area contributed by atoms with E-state index in [1.807, 2.05) is 24.3 Å². The topological polar surface area (TPSA) is 91.2 Å². The molecule has 1 aliphatic carbocycles. The van der Waals surface area contributed by atoms with Crippen molar-refractivity contribution in [3.05, 3.63) is 79.9 Å². The van der Waals surface area contributed by atoms with Crippen LogP contribution >= 0.6 is 35.0 Å². The molecule has 0 fully saturated rings. The van der Waals surface area contributed by atoms with Crippen LogP contribution in [0.1, 0.15) is 38.2 Å². The third-order valence-corrected chi connectivity index (χ3v) is 7.88. The number of amides is 1. The third-order valence-electron chi connectivity index (χ3n) is 6.13. The summed E-state index contributed by atoms with van der Waals surface area (Å²) < 4.78 is 5.28. The summed E-state index contributed by atoms with van der Waals surface area (Å²) in [5, 5.41) is 17.6. The Balaban J connectivity index is 1.64. The molecule has 1 amide bonds. The van der Waals surface area contributed by atoms with Gasteiger partial charge in [0.1, 0.15) is 5.75 Å². The molecule has 2 aromatic rings. The lowest BCUT2D eigenvalue weighted by Gasteiger charge is -2.39. The Morgan fingerprint density at radius 1 is 1.19 bits per heavy atom. The third kappa shape index (κ3) is 5.57. The zero-order valence-electron chi connectivity index (χ0n) is 20.1. The van der Waals surface area contributed by atoms with E-state index < -0.39 is 5.92 Å². The number of Topliss-reactive ketones (excluding diaryl/α,β-unsaturated/α-hetero) is 1. The van der Waals surface area contributed by atoms with Crippen LogP contribution in [-0.4, -0.2) is 24.6 Å². The van der Waals surface area contributed by atoms with Gasteiger partial charge in [0, 0.05) is 23.4 Å². The van der Waals surface area contributed by atoms with Crippen molar-refractivity contribution in [2.45, 2.75) is 32.6 Å². The van der Waals surface area contributed by atoms with Crippen molar-refractivity contribution in [3.63, 3.8) is 0 Å². The molecule has 0 spiro atoms. The Bertz CT molecular complexity index is 1330. The first-order chi connectivity index (χ1) is 17.1. The van der Waals surface area contributed by atoms with E-state index in [9.17, 15) is 14.9 Å². The Kier molecular flexibility index (Phi) is 7.70. The Morgan fingerprint density at radius 3 is 2.56 bits per heavy atom. The molecule has 0 bridgehead atoms. The molecule has 1 aliphatic heterocycles. The van der Waals surface area contributed by atoms with E-state index in [1.165, 1.54) is 11.8 Å². The minimum absolute atomic E-state index is 0.0312. The molecule has 0 saturated carbocycles. The van der Waals surface area contributed by atoms with Crippen molar-refractivity contribution in [3.8, 4) is 11.8 Å². The van der Waals surface area contributed by atoms with Gasteiger partial charge in [-0.05, 0) is 47.7 Å². The molecule has 9 heteroatoms. The number of carbonyl (C=O) groups excluding carboxylic acids is 2. The zero-order chi connectivity index (χ0) is 26.0. The van der Waals surface area contributed by atoms with E-state index >= 15 is 0 Å². The molecular formula is C27H25Cl2N3O3S. The fourth-order valence-corrected chi connectivity index (χ4v) is 5.69.